The number of carbonyl (C=O) groups excluding carboxylic acids is 1. The molecular weight excluding hydrogens is 312 g/mol. The third kappa shape index (κ3) is 3.00. The quantitative estimate of drug-likeness (QED) is 0.934. The average Bonchev–Trinajstić information content (AvgIpc) is 2.55. The maximum atomic E-state index is 12.6. The fourth-order valence-corrected chi connectivity index (χ4v) is 3.44. The normalized spacial score (nSPS) is 17.6. The molecule has 1 atom stereocenters. The first-order valence-corrected chi connectivity index (χ1v) is 8.91. The van der Waals surface area contributed by atoms with Gasteiger partial charge in [-0.1, -0.05) is 30.3 Å². The van der Waals surface area contributed by atoms with Gasteiger partial charge in [-0.15, -0.1) is 0 Å². The van der Waals surface area contributed by atoms with Gasteiger partial charge in [0.15, 0.2) is 0 Å². The number of nitrogens with one attached hydrogen (secondary N) is 1. The number of benzene rings is 2. The molecule has 1 fully saturated rings. The maximum absolute atomic E-state index is 12.6. The van der Waals surface area contributed by atoms with E-state index in [9.17, 15) is 13.2 Å². The van der Waals surface area contributed by atoms with E-state index >= 15 is 0 Å². The SMILES string of the molecule is CNS(=O)(=O)c1ccc(C(=O)N2CC[C@@H]2c2ccccc2)cc1. The van der Waals surface area contributed by atoms with Crippen molar-refractivity contribution >= 4 is 15.9 Å². The van der Waals surface area contributed by atoms with E-state index in [1.54, 1.807) is 12.1 Å². The predicted octanol–water partition coefficient (Wildman–Crippen LogP) is 2.18. The van der Waals surface area contributed by atoms with Crippen molar-refractivity contribution in [3.63, 3.8) is 0 Å². The van der Waals surface area contributed by atoms with E-state index in [4.69, 9.17) is 0 Å². The molecule has 6 heteroatoms. The summed E-state index contributed by atoms with van der Waals surface area (Å²) in [6.45, 7) is 0.717. The highest BCUT2D eigenvalue weighted by molar-refractivity contribution is 7.89. The first kappa shape index (κ1) is 15.7. The molecule has 1 aliphatic heterocycles. The van der Waals surface area contributed by atoms with Gasteiger partial charge >= 0.3 is 0 Å². The predicted molar refractivity (Wildman–Crippen MR) is 87.5 cm³/mol. The molecule has 1 heterocycles. The monoisotopic (exact) mass is 330 g/mol. The second-order valence-electron chi connectivity index (χ2n) is 5.45. The Morgan fingerprint density at radius 1 is 1.09 bits per heavy atom. The first-order valence-electron chi connectivity index (χ1n) is 7.42. The van der Waals surface area contributed by atoms with Crippen molar-refractivity contribution in [2.45, 2.75) is 17.4 Å². The van der Waals surface area contributed by atoms with Crippen LogP contribution in [0.25, 0.3) is 0 Å². The molecule has 1 saturated heterocycles. The number of carbonyl (C=O) groups is 1. The van der Waals surface area contributed by atoms with Crippen molar-refractivity contribution < 1.29 is 13.2 Å². The Bertz CT molecular complexity index is 801. The highest BCUT2D eigenvalue weighted by Gasteiger charge is 2.33. The third-order valence-electron chi connectivity index (χ3n) is 4.15. The molecule has 1 N–H and O–H groups in total. The minimum Gasteiger partial charge on any atom is -0.331 e. The summed E-state index contributed by atoms with van der Waals surface area (Å²) in [6, 6.07) is 16.1. The molecule has 0 unspecified atom stereocenters. The zero-order chi connectivity index (χ0) is 16.4. The molecule has 5 nitrogen and oxygen atoms in total. The maximum Gasteiger partial charge on any atom is 0.254 e. The van der Waals surface area contributed by atoms with Crippen molar-refractivity contribution in [1.82, 2.24) is 9.62 Å². The van der Waals surface area contributed by atoms with Crippen LogP contribution in [0.1, 0.15) is 28.4 Å². The summed E-state index contributed by atoms with van der Waals surface area (Å²) in [5.41, 5.74) is 1.63. The van der Waals surface area contributed by atoms with Crippen LogP contribution in [0.5, 0.6) is 0 Å². The van der Waals surface area contributed by atoms with E-state index < -0.39 is 10.0 Å². The Morgan fingerprint density at radius 2 is 1.74 bits per heavy atom. The molecule has 2 aromatic carbocycles. The lowest BCUT2D eigenvalue weighted by Gasteiger charge is -2.41. The van der Waals surface area contributed by atoms with E-state index in [2.05, 4.69) is 4.72 Å². The lowest BCUT2D eigenvalue weighted by atomic mass is 9.94. The second-order valence-corrected chi connectivity index (χ2v) is 7.33. The van der Waals surface area contributed by atoms with Crippen molar-refractivity contribution in [3.8, 4) is 0 Å². The Kier molecular flexibility index (Phi) is 4.19. The fraction of sp³-hybridized carbons (Fsp3) is 0.235. The Hall–Kier alpha value is -2.18. The smallest absolute Gasteiger partial charge is 0.254 e. The minimum atomic E-state index is -3.48. The number of sulfonamides is 1. The molecule has 120 valence electrons. The zero-order valence-electron chi connectivity index (χ0n) is 12.8. The van der Waals surface area contributed by atoms with Crippen molar-refractivity contribution in [1.29, 1.82) is 0 Å². The number of rotatable bonds is 4. The summed E-state index contributed by atoms with van der Waals surface area (Å²) in [5.74, 6) is -0.0708. The summed E-state index contributed by atoms with van der Waals surface area (Å²) >= 11 is 0. The zero-order valence-corrected chi connectivity index (χ0v) is 13.6. The van der Waals surface area contributed by atoms with E-state index in [1.165, 1.54) is 19.2 Å². The summed E-state index contributed by atoms with van der Waals surface area (Å²) in [5, 5.41) is 0. The average molecular weight is 330 g/mol. The number of hydrogen-bond acceptors (Lipinski definition) is 3. The number of amides is 1. The largest absolute Gasteiger partial charge is 0.331 e. The lowest BCUT2D eigenvalue weighted by Crippen LogP contribution is -2.45. The summed E-state index contributed by atoms with van der Waals surface area (Å²) in [7, 11) is -2.12. The number of nitrogens with zero attached hydrogens (tertiary/aromatic N) is 1. The highest BCUT2D eigenvalue weighted by Crippen LogP contribution is 2.34. The van der Waals surface area contributed by atoms with Crippen molar-refractivity contribution in [3.05, 3.63) is 65.7 Å². The van der Waals surface area contributed by atoms with Crippen LogP contribution in [-0.2, 0) is 10.0 Å². The molecule has 0 saturated carbocycles. The molecule has 1 aliphatic rings. The van der Waals surface area contributed by atoms with Crippen LogP contribution < -0.4 is 4.72 Å². The second kappa shape index (κ2) is 6.14. The molecule has 1 amide bonds. The van der Waals surface area contributed by atoms with Gasteiger partial charge in [-0.3, -0.25) is 4.79 Å². The van der Waals surface area contributed by atoms with Gasteiger partial charge in [-0.25, -0.2) is 13.1 Å². The summed E-state index contributed by atoms with van der Waals surface area (Å²) in [6.07, 6.45) is 0.946. The molecule has 2 aromatic rings. The molecular formula is C17H18N2O3S. The Morgan fingerprint density at radius 3 is 2.26 bits per heavy atom. The Labute approximate surface area is 136 Å². The highest BCUT2D eigenvalue weighted by atomic mass is 32.2. The van der Waals surface area contributed by atoms with Crippen molar-refractivity contribution in [2.24, 2.45) is 0 Å². The number of hydrogen-bond donors (Lipinski definition) is 1. The van der Waals surface area contributed by atoms with Gasteiger partial charge in [0.2, 0.25) is 10.0 Å². The molecule has 23 heavy (non-hydrogen) atoms. The van der Waals surface area contributed by atoms with Crippen LogP contribution in [0.2, 0.25) is 0 Å². The standard InChI is InChI=1S/C17H18N2O3S/c1-18-23(21,22)15-9-7-14(8-10-15)17(20)19-12-11-16(19)13-5-3-2-4-6-13/h2-10,16,18H,11-12H2,1H3/t16-/m1/s1. The molecule has 0 radical (unpaired) electrons. The fourth-order valence-electron chi connectivity index (χ4n) is 2.71. The van der Waals surface area contributed by atoms with Crippen LogP contribution in [0.4, 0.5) is 0 Å². The van der Waals surface area contributed by atoms with E-state index in [0.717, 1.165) is 18.5 Å². The van der Waals surface area contributed by atoms with Gasteiger partial charge in [0.1, 0.15) is 0 Å². The van der Waals surface area contributed by atoms with Gasteiger partial charge in [0.25, 0.3) is 5.91 Å². The molecule has 0 bridgehead atoms. The van der Waals surface area contributed by atoms with E-state index in [0.29, 0.717) is 5.56 Å². The Balaban J connectivity index is 1.79. The molecule has 3 rings (SSSR count). The number of likely N-dealkylation sites (tertiary alicyclic amines) is 1. The van der Waals surface area contributed by atoms with Crippen LogP contribution >= 0.6 is 0 Å². The van der Waals surface area contributed by atoms with Crippen LogP contribution in [0, 0.1) is 0 Å². The van der Waals surface area contributed by atoms with Gasteiger partial charge in [0.05, 0.1) is 10.9 Å². The van der Waals surface area contributed by atoms with Crippen LogP contribution in [0.15, 0.2) is 59.5 Å². The minimum absolute atomic E-state index is 0.0708. The summed E-state index contributed by atoms with van der Waals surface area (Å²) < 4.78 is 25.7. The van der Waals surface area contributed by atoms with Gasteiger partial charge in [-0.05, 0) is 43.3 Å². The van der Waals surface area contributed by atoms with Gasteiger partial charge in [0, 0.05) is 12.1 Å². The van der Waals surface area contributed by atoms with Crippen LogP contribution in [0.3, 0.4) is 0 Å². The topological polar surface area (TPSA) is 66.5 Å². The van der Waals surface area contributed by atoms with Crippen LogP contribution in [-0.4, -0.2) is 32.8 Å². The van der Waals surface area contributed by atoms with Gasteiger partial charge in [-0.2, -0.15) is 0 Å². The lowest BCUT2D eigenvalue weighted by molar-refractivity contribution is 0.0460. The summed E-state index contributed by atoms with van der Waals surface area (Å²) in [4.78, 5) is 14.6. The first-order chi connectivity index (χ1) is 11.0. The van der Waals surface area contributed by atoms with E-state index in [-0.39, 0.29) is 16.8 Å². The van der Waals surface area contributed by atoms with Gasteiger partial charge < -0.3 is 4.90 Å². The molecule has 0 aliphatic carbocycles. The van der Waals surface area contributed by atoms with Crippen molar-refractivity contribution in [2.75, 3.05) is 13.6 Å². The molecule has 0 spiro atoms. The van der Waals surface area contributed by atoms with E-state index in [1.807, 2.05) is 35.2 Å². The third-order valence-corrected chi connectivity index (χ3v) is 5.58. The molecule has 0 aromatic heterocycles.